The molecule has 2 rings (SSSR count). The molecule has 19 heavy (non-hydrogen) atoms. The summed E-state index contributed by atoms with van der Waals surface area (Å²) in [7, 11) is 0. The van der Waals surface area contributed by atoms with Gasteiger partial charge < -0.3 is 10.5 Å². The molecule has 1 heterocycles. The molecule has 104 valence electrons. The summed E-state index contributed by atoms with van der Waals surface area (Å²) in [4.78, 5) is 10.8. The fourth-order valence-corrected chi connectivity index (χ4v) is 2.31. The Hall–Kier alpha value is -1.40. The van der Waals surface area contributed by atoms with Crippen LogP contribution in [-0.2, 0) is 11.0 Å². The van der Waals surface area contributed by atoms with E-state index in [0.717, 1.165) is 18.4 Å². The summed E-state index contributed by atoms with van der Waals surface area (Å²) in [6, 6.07) is 4.12. The van der Waals surface area contributed by atoms with Crippen LogP contribution in [0.4, 0.5) is 13.2 Å². The van der Waals surface area contributed by atoms with Crippen molar-refractivity contribution in [3.63, 3.8) is 0 Å². The number of nitrogens with two attached hydrogens (primary N) is 1. The van der Waals surface area contributed by atoms with Crippen molar-refractivity contribution in [2.75, 3.05) is 0 Å². The summed E-state index contributed by atoms with van der Waals surface area (Å²) in [5.74, 6) is 0. The Labute approximate surface area is 109 Å². The SMILES string of the molecule is NC1CCC(C=O)NC1c1ccc(C(F)(F)F)cc1. The summed E-state index contributed by atoms with van der Waals surface area (Å²) < 4.78 is 37.4. The van der Waals surface area contributed by atoms with Crippen LogP contribution in [0.1, 0.15) is 30.0 Å². The molecule has 0 spiro atoms. The highest BCUT2D eigenvalue weighted by Crippen LogP contribution is 2.31. The van der Waals surface area contributed by atoms with Crippen LogP contribution in [0.2, 0.25) is 0 Å². The highest BCUT2D eigenvalue weighted by Gasteiger charge is 2.32. The Kier molecular flexibility index (Phi) is 3.91. The Balaban J connectivity index is 2.18. The van der Waals surface area contributed by atoms with Crippen molar-refractivity contribution in [1.29, 1.82) is 0 Å². The van der Waals surface area contributed by atoms with Gasteiger partial charge in [-0.3, -0.25) is 5.32 Å². The number of alkyl halides is 3. The molecule has 0 aliphatic carbocycles. The molecule has 1 aliphatic rings. The molecule has 3 nitrogen and oxygen atoms in total. The van der Waals surface area contributed by atoms with Crippen molar-refractivity contribution >= 4 is 6.29 Å². The van der Waals surface area contributed by atoms with E-state index in [4.69, 9.17) is 5.73 Å². The molecule has 1 aromatic rings. The average molecular weight is 272 g/mol. The molecule has 1 aromatic carbocycles. The van der Waals surface area contributed by atoms with E-state index in [9.17, 15) is 18.0 Å². The Bertz CT molecular complexity index is 444. The molecule has 3 unspecified atom stereocenters. The third kappa shape index (κ3) is 3.13. The van der Waals surface area contributed by atoms with Gasteiger partial charge in [0.25, 0.3) is 0 Å². The van der Waals surface area contributed by atoms with Crippen LogP contribution in [0.25, 0.3) is 0 Å². The van der Waals surface area contributed by atoms with Crippen molar-refractivity contribution in [2.45, 2.75) is 37.1 Å². The van der Waals surface area contributed by atoms with E-state index < -0.39 is 11.7 Å². The number of halogens is 3. The molecule has 6 heteroatoms. The molecule has 0 bridgehead atoms. The predicted octanol–water partition coefficient (Wildman–Crippen LogP) is 2.02. The molecule has 3 N–H and O–H groups in total. The number of rotatable bonds is 2. The first-order valence-corrected chi connectivity index (χ1v) is 6.06. The van der Waals surface area contributed by atoms with E-state index in [0.29, 0.717) is 18.4 Å². The average Bonchev–Trinajstić information content (AvgIpc) is 2.38. The first kappa shape index (κ1) is 14.0. The number of carbonyl (C=O) groups is 1. The van der Waals surface area contributed by atoms with Gasteiger partial charge in [-0.1, -0.05) is 12.1 Å². The number of piperidine rings is 1. The van der Waals surface area contributed by atoms with E-state index in [2.05, 4.69) is 5.32 Å². The second kappa shape index (κ2) is 5.30. The zero-order valence-corrected chi connectivity index (χ0v) is 10.2. The molecular formula is C13H15F3N2O. The minimum Gasteiger partial charge on any atom is -0.326 e. The van der Waals surface area contributed by atoms with Crippen molar-refractivity contribution in [1.82, 2.24) is 5.32 Å². The van der Waals surface area contributed by atoms with Crippen LogP contribution < -0.4 is 11.1 Å². The van der Waals surface area contributed by atoms with Gasteiger partial charge in [-0.2, -0.15) is 13.2 Å². The van der Waals surface area contributed by atoms with Crippen molar-refractivity contribution in [3.8, 4) is 0 Å². The monoisotopic (exact) mass is 272 g/mol. The van der Waals surface area contributed by atoms with Crippen LogP contribution >= 0.6 is 0 Å². The Morgan fingerprint density at radius 1 is 1.21 bits per heavy atom. The molecule has 0 saturated carbocycles. The van der Waals surface area contributed by atoms with Gasteiger partial charge in [-0.25, -0.2) is 0 Å². The van der Waals surface area contributed by atoms with Crippen molar-refractivity contribution in [3.05, 3.63) is 35.4 Å². The van der Waals surface area contributed by atoms with Gasteiger partial charge in [0.15, 0.2) is 0 Å². The number of benzene rings is 1. The summed E-state index contributed by atoms with van der Waals surface area (Å²) in [5, 5.41) is 3.05. The zero-order valence-electron chi connectivity index (χ0n) is 10.2. The summed E-state index contributed by atoms with van der Waals surface area (Å²) in [5.41, 5.74) is 5.94. The number of hydrogen-bond donors (Lipinski definition) is 2. The summed E-state index contributed by atoms with van der Waals surface area (Å²) >= 11 is 0. The van der Waals surface area contributed by atoms with E-state index in [1.165, 1.54) is 12.1 Å². The predicted molar refractivity (Wildman–Crippen MR) is 64.4 cm³/mol. The highest BCUT2D eigenvalue weighted by molar-refractivity contribution is 5.58. The quantitative estimate of drug-likeness (QED) is 0.810. The minimum absolute atomic E-state index is 0.201. The second-order valence-corrected chi connectivity index (χ2v) is 4.75. The molecule has 1 aliphatic heterocycles. The Morgan fingerprint density at radius 2 is 1.84 bits per heavy atom. The topological polar surface area (TPSA) is 55.1 Å². The molecule has 1 fully saturated rings. The minimum atomic E-state index is -4.34. The zero-order chi connectivity index (χ0) is 14.0. The molecule has 3 atom stereocenters. The van der Waals surface area contributed by atoms with Crippen LogP contribution in [-0.4, -0.2) is 18.4 Å². The Morgan fingerprint density at radius 3 is 2.37 bits per heavy atom. The number of hydrogen-bond acceptors (Lipinski definition) is 3. The van der Waals surface area contributed by atoms with Crippen molar-refractivity contribution in [2.24, 2.45) is 5.73 Å². The van der Waals surface area contributed by atoms with Gasteiger partial charge in [0.05, 0.1) is 11.6 Å². The third-order valence-corrected chi connectivity index (χ3v) is 3.39. The summed E-state index contributed by atoms with van der Waals surface area (Å²) in [6.07, 6.45) is -2.21. The summed E-state index contributed by atoms with van der Waals surface area (Å²) in [6.45, 7) is 0. The first-order chi connectivity index (χ1) is 8.91. The van der Waals surface area contributed by atoms with Gasteiger partial charge in [-0.15, -0.1) is 0 Å². The fourth-order valence-electron chi connectivity index (χ4n) is 2.31. The van der Waals surface area contributed by atoms with Crippen LogP contribution in [0, 0.1) is 0 Å². The van der Waals surface area contributed by atoms with Gasteiger partial charge in [0, 0.05) is 12.1 Å². The van der Waals surface area contributed by atoms with Gasteiger partial charge >= 0.3 is 6.18 Å². The maximum absolute atomic E-state index is 12.5. The molecule has 0 amide bonds. The molecule has 1 saturated heterocycles. The number of aldehydes is 1. The largest absolute Gasteiger partial charge is 0.416 e. The van der Waals surface area contributed by atoms with Crippen LogP contribution in [0.15, 0.2) is 24.3 Å². The fraction of sp³-hybridized carbons (Fsp3) is 0.462. The van der Waals surface area contributed by atoms with Crippen LogP contribution in [0.5, 0.6) is 0 Å². The van der Waals surface area contributed by atoms with E-state index in [1.54, 1.807) is 0 Å². The van der Waals surface area contributed by atoms with Gasteiger partial charge in [0.2, 0.25) is 0 Å². The maximum Gasteiger partial charge on any atom is 0.416 e. The lowest BCUT2D eigenvalue weighted by atomic mass is 9.89. The highest BCUT2D eigenvalue weighted by atomic mass is 19.4. The molecule has 0 aromatic heterocycles. The van der Waals surface area contributed by atoms with E-state index in [1.807, 2.05) is 0 Å². The lowest BCUT2D eigenvalue weighted by Gasteiger charge is -2.33. The molecule has 0 radical (unpaired) electrons. The van der Waals surface area contributed by atoms with Gasteiger partial charge in [-0.05, 0) is 30.5 Å². The second-order valence-electron chi connectivity index (χ2n) is 4.75. The number of carbonyl (C=O) groups excluding carboxylic acids is 1. The van der Waals surface area contributed by atoms with E-state index >= 15 is 0 Å². The van der Waals surface area contributed by atoms with E-state index in [-0.39, 0.29) is 18.1 Å². The first-order valence-electron chi connectivity index (χ1n) is 6.06. The lowest BCUT2D eigenvalue weighted by Crippen LogP contribution is -2.48. The lowest BCUT2D eigenvalue weighted by molar-refractivity contribution is -0.137. The smallest absolute Gasteiger partial charge is 0.326 e. The normalized spacial score (nSPS) is 28.1. The van der Waals surface area contributed by atoms with Crippen molar-refractivity contribution < 1.29 is 18.0 Å². The molecular weight excluding hydrogens is 257 g/mol. The standard InChI is InChI=1S/C13H15F3N2O/c14-13(15,16)9-3-1-8(2-4-9)12-11(17)6-5-10(7-19)18-12/h1-4,7,10-12,18H,5-6,17H2. The van der Waals surface area contributed by atoms with Crippen LogP contribution in [0.3, 0.4) is 0 Å². The number of nitrogens with one attached hydrogen (secondary N) is 1. The third-order valence-electron chi connectivity index (χ3n) is 3.39. The maximum atomic E-state index is 12.5. The van der Waals surface area contributed by atoms with Gasteiger partial charge in [0.1, 0.15) is 6.29 Å².